The zero-order valence-corrected chi connectivity index (χ0v) is 6.03. The number of likely N-dealkylation sites (tertiary alicyclic amines) is 1. The lowest BCUT2D eigenvalue weighted by molar-refractivity contribution is -0.0824. The van der Waals surface area contributed by atoms with Crippen LogP contribution in [0.3, 0.4) is 0 Å². The first-order valence-corrected chi connectivity index (χ1v) is 3.28. The van der Waals surface area contributed by atoms with Gasteiger partial charge in [0.15, 0.2) is 0 Å². The first kappa shape index (κ1) is 8.77. The van der Waals surface area contributed by atoms with Crippen molar-refractivity contribution in [3.8, 4) is 0 Å². The molecule has 0 aliphatic carbocycles. The molecule has 0 aromatic rings. The Labute approximate surface area is 62.0 Å². The summed E-state index contributed by atoms with van der Waals surface area (Å²) in [5.74, 6) is -5.00. The molecule has 1 unspecified atom stereocenters. The number of alkyl halides is 4. The predicted octanol–water partition coefficient (Wildman–Crippen LogP) is 1.45. The van der Waals surface area contributed by atoms with Crippen molar-refractivity contribution < 1.29 is 17.6 Å². The van der Waals surface area contributed by atoms with Gasteiger partial charge >= 0.3 is 0 Å². The predicted molar refractivity (Wildman–Crippen MR) is 31.9 cm³/mol. The second kappa shape index (κ2) is 2.62. The summed E-state index contributed by atoms with van der Waals surface area (Å²) in [6.45, 7) is -0.771. The van der Waals surface area contributed by atoms with E-state index in [9.17, 15) is 17.6 Å². The molecular weight excluding hydrogens is 162 g/mol. The first-order chi connectivity index (χ1) is 4.93. The first-order valence-electron chi connectivity index (χ1n) is 3.28. The minimum absolute atomic E-state index is 0.218. The molecule has 11 heavy (non-hydrogen) atoms. The Balaban J connectivity index is 2.66. The molecule has 1 rings (SSSR count). The zero-order valence-electron chi connectivity index (χ0n) is 6.03. The maximum atomic E-state index is 12.6. The van der Waals surface area contributed by atoms with Gasteiger partial charge in [0, 0.05) is 6.54 Å². The smallest absolute Gasteiger partial charge is 0.269 e. The fourth-order valence-electron chi connectivity index (χ4n) is 1.28. The minimum Gasteiger partial charge on any atom is -0.300 e. The largest absolute Gasteiger partial charge is 0.300 e. The summed E-state index contributed by atoms with van der Waals surface area (Å²) in [7, 11) is 1.41. The lowest BCUT2D eigenvalue weighted by Crippen LogP contribution is -2.31. The average Bonchev–Trinajstić information content (AvgIpc) is 2.04. The molecule has 0 aromatic carbocycles. The quantitative estimate of drug-likeness (QED) is 0.540. The van der Waals surface area contributed by atoms with Gasteiger partial charge in [-0.1, -0.05) is 0 Å². The van der Waals surface area contributed by atoms with E-state index in [4.69, 9.17) is 0 Å². The van der Waals surface area contributed by atoms with Crippen LogP contribution in [0.5, 0.6) is 0 Å². The van der Waals surface area contributed by atoms with Crippen LogP contribution in [0.25, 0.3) is 0 Å². The summed E-state index contributed by atoms with van der Waals surface area (Å²) in [6.07, 6.45) is -2.92. The molecule has 1 aliphatic heterocycles. The van der Waals surface area contributed by atoms with Crippen LogP contribution in [-0.4, -0.2) is 37.4 Å². The second-order valence-corrected chi connectivity index (χ2v) is 2.90. The number of nitrogens with zero attached hydrogens (tertiary/aromatic N) is 1. The number of hydrogen-bond acceptors (Lipinski definition) is 1. The Bertz CT molecular complexity index is 148. The summed E-state index contributed by atoms with van der Waals surface area (Å²) < 4.78 is 49.0. The highest BCUT2D eigenvalue weighted by molar-refractivity contribution is 4.90. The van der Waals surface area contributed by atoms with E-state index in [1.807, 2.05) is 0 Å². The van der Waals surface area contributed by atoms with E-state index in [0.29, 0.717) is 0 Å². The van der Waals surface area contributed by atoms with Crippen molar-refractivity contribution in [3.63, 3.8) is 0 Å². The van der Waals surface area contributed by atoms with Gasteiger partial charge in [0.05, 0.1) is 12.5 Å². The molecule has 1 aliphatic rings. The van der Waals surface area contributed by atoms with Crippen molar-refractivity contribution in [2.75, 3.05) is 20.1 Å². The summed E-state index contributed by atoms with van der Waals surface area (Å²) in [5.41, 5.74) is 0. The molecule has 1 saturated heterocycles. The molecule has 1 heterocycles. The van der Waals surface area contributed by atoms with Gasteiger partial charge in [-0.15, -0.1) is 0 Å². The van der Waals surface area contributed by atoms with Gasteiger partial charge in [0.25, 0.3) is 5.92 Å². The third-order valence-corrected chi connectivity index (χ3v) is 1.84. The Morgan fingerprint density at radius 1 is 1.45 bits per heavy atom. The van der Waals surface area contributed by atoms with Gasteiger partial charge in [-0.25, -0.2) is 17.6 Å². The van der Waals surface area contributed by atoms with Crippen LogP contribution >= 0.6 is 0 Å². The molecule has 0 bridgehead atoms. The lowest BCUT2D eigenvalue weighted by Gasteiger charge is -2.15. The van der Waals surface area contributed by atoms with Crippen molar-refractivity contribution in [1.29, 1.82) is 0 Å². The minimum atomic E-state index is -3.22. The summed E-state index contributed by atoms with van der Waals surface area (Å²) in [4.78, 5) is 1.22. The average molecular weight is 171 g/mol. The Morgan fingerprint density at radius 2 is 2.00 bits per heavy atom. The standard InChI is InChI=1S/C6H9F4N/c1-11-2-4(5(7)8)6(9,10)3-11/h4-5H,2-3H2,1H3. The van der Waals surface area contributed by atoms with Crippen molar-refractivity contribution in [2.45, 2.75) is 12.3 Å². The third-order valence-electron chi connectivity index (χ3n) is 1.84. The van der Waals surface area contributed by atoms with Gasteiger partial charge in [-0.2, -0.15) is 0 Å². The van der Waals surface area contributed by atoms with E-state index >= 15 is 0 Å². The molecule has 1 nitrogen and oxygen atoms in total. The second-order valence-electron chi connectivity index (χ2n) is 2.90. The van der Waals surface area contributed by atoms with E-state index in [-0.39, 0.29) is 6.54 Å². The number of hydrogen-bond donors (Lipinski definition) is 0. The third kappa shape index (κ3) is 1.64. The Hall–Kier alpha value is -0.320. The Morgan fingerprint density at radius 3 is 2.18 bits per heavy atom. The van der Waals surface area contributed by atoms with E-state index in [1.54, 1.807) is 0 Å². The molecule has 1 fully saturated rings. The van der Waals surface area contributed by atoms with Crippen LogP contribution in [0.4, 0.5) is 17.6 Å². The highest BCUT2D eigenvalue weighted by atomic mass is 19.3. The molecule has 0 amide bonds. The highest BCUT2D eigenvalue weighted by Crippen LogP contribution is 2.35. The molecule has 5 heteroatoms. The van der Waals surface area contributed by atoms with Crippen molar-refractivity contribution in [3.05, 3.63) is 0 Å². The van der Waals surface area contributed by atoms with Crippen LogP contribution in [0.2, 0.25) is 0 Å². The maximum absolute atomic E-state index is 12.6. The molecule has 1 atom stereocenters. The Kier molecular flexibility index (Phi) is 2.09. The van der Waals surface area contributed by atoms with Crippen LogP contribution in [0.15, 0.2) is 0 Å². The summed E-state index contributed by atoms with van der Waals surface area (Å²) in [6, 6.07) is 0. The number of halogens is 4. The van der Waals surface area contributed by atoms with Gasteiger partial charge < -0.3 is 0 Å². The van der Waals surface area contributed by atoms with E-state index < -0.39 is 24.8 Å². The topological polar surface area (TPSA) is 3.24 Å². The van der Waals surface area contributed by atoms with Crippen molar-refractivity contribution in [2.24, 2.45) is 5.92 Å². The normalized spacial score (nSPS) is 31.6. The fraction of sp³-hybridized carbons (Fsp3) is 1.00. The molecular formula is C6H9F4N. The molecule has 0 aromatic heterocycles. The highest BCUT2D eigenvalue weighted by Gasteiger charge is 2.51. The van der Waals surface area contributed by atoms with E-state index in [1.165, 1.54) is 11.9 Å². The zero-order chi connectivity index (χ0) is 8.65. The van der Waals surface area contributed by atoms with Gasteiger partial charge in [-0.05, 0) is 7.05 Å². The molecule has 66 valence electrons. The van der Waals surface area contributed by atoms with Gasteiger partial charge in [0.2, 0.25) is 6.43 Å². The molecule has 0 spiro atoms. The van der Waals surface area contributed by atoms with Crippen LogP contribution in [0, 0.1) is 5.92 Å². The summed E-state index contributed by atoms with van der Waals surface area (Å²) >= 11 is 0. The van der Waals surface area contributed by atoms with Crippen LogP contribution < -0.4 is 0 Å². The number of rotatable bonds is 1. The maximum Gasteiger partial charge on any atom is 0.269 e. The molecule has 0 radical (unpaired) electrons. The lowest BCUT2D eigenvalue weighted by atomic mass is 10.1. The van der Waals surface area contributed by atoms with Gasteiger partial charge in [-0.3, -0.25) is 4.90 Å². The summed E-state index contributed by atoms with van der Waals surface area (Å²) in [5, 5.41) is 0. The monoisotopic (exact) mass is 171 g/mol. The van der Waals surface area contributed by atoms with Crippen LogP contribution in [0.1, 0.15) is 0 Å². The van der Waals surface area contributed by atoms with E-state index in [2.05, 4.69) is 0 Å². The van der Waals surface area contributed by atoms with Crippen LogP contribution in [-0.2, 0) is 0 Å². The van der Waals surface area contributed by atoms with E-state index in [0.717, 1.165) is 0 Å². The van der Waals surface area contributed by atoms with Crippen molar-refractivity contribution >= 4 is 0 Å². The fourth-order valence-corrected chi connectivity index (χ4v) is 1.28. The molecule has 0 saturated carbocycles. The molecule has 0 N–H and O–H groups in total. The van der Waals surface area contributed by atoms with Gasteiger partial charge in [0.1, 0.15) is 0 Å². The SMILES string of the molecule is CN1CC(C(F)F)C(F)(F)C1. The van der Waals surface area contributed by atoms with Crippen molar-refractivity contribution in [1.82, 2.24) is 4.90 Å².